The monoisotopic (exact) mass is 213 g/mol. The number of aliphatic carboxylic acids is 1. The van der Waals surface area contributed by atoms with Gasteiger partial charge in [0, 0.05) is 4.90 Å². The van der Waals surface area contributed by atoms with Crippen LogP contribution in [0.1, 0.15) is 0 Å². The second-order valence-electron chi connectivity index (χ2n) is 2.49. The normalized spacial score (nSPS) is 9.79. The number of carboxylic acid groups (broad SMARTS) is 1. The lowest BCUT2D eigenvalue weighted by molar-refractivity contribution is -0.135. The quantitative estimate of drug-likeness (QED) is 0.723. The topological polar surface area (TPSA) is 58.6 Å². The SMILES string of the molecule is COc1ccc(SNCC(=O)O)cc1. The fraction of sp³-hybridized carbons (Fsp3) is 0.222. The molecule has 0 aliphatic rings. The van der Waals surface area contributed by atoms with Gasteiger partial charge in [-0.3, -0.25) is 4.79 Å². The standard InChI is InChI=1S/C9H11NO3S/c1-13-7-2-4-8(5-3-7)14-10-6-9(11)12/h2-5,10H,6H2,1H3,(H,11,12). The fourth-order valence-electron chi connectivity index (χ4n) is 0.825. The van der Waals surface area contributed by atoms with E-state index in [4.69, 9.17) is 9.84 Å². The van der Waals surface area contributed by atoms with Crippen LogP contribution >= 0.6 is 11.9 Å². The maximum atomic E-state index is 10.2. The molecule has 14 heavy (non-hydrogen) atoms. The first-order valence-electron chi connectivity index (χ1n) is 3.98. The van der Waals surface area contributed by atoms with E-state index >= 15 is 0 Å². The van der Waals surface area contributed by atoms with Gasteiger partial charge in [0.2, 0.25) is 0 Å². The van der Waals surface area contributed by atoms with Crippen LogP contribution in [0.25, 0.3) is 0 Å². The van der Waals surface area contributed by atoms with Crippen LogP contribution in [-0.4, -0.2) is 24.7 Å². The van der Waals surface area contributed by atoms with Crippen molar-refractivity contribution in [3.63, 3.8) is 0 Å². The Labute approximate surface area is 86.4 Å². The molecule has 0 aliphatic heterocycles. The third kappa shape index (κ3) is 3.68. The number of hydrogen-bond acceptors (Lipinski definition) is 4. The van der Waals surface area contributed by atoms with Gasteiger partial charge < -0.3 is 9.84 Å². The van der Waals surface area contributed by atoms with E-state index in [1.54, 1.807) is 7.11 Å². The van der Waals surface area contributed by atoms with Crippen LogP contribution in [0, 0.1) is 0 Å². The highest BCUT2D eigenvalue weighted by Gasteiger charge is 1.97. The fourth-order valence-corrected chi connectivity index (χ4v) is 1.46. The van der Waals surface area contributed by atoms with Crippen LogP contribution in [0.4, 0.5) is 0 Å². The molecule has 0 unspecified atom stereocenters. The third-order valence-corrected chi connectivity index (χ3v) is 2.27. The Morgan fingerprint density at radius 1 is 1.50 bits per heavy atom. The average molecular weight is 213 g/mol. The van der Waals surface area contributed by atoms with Crippen molar-refractivity contribution < 1.29 is 14.6 Å². The van der Waals surface area contributed by atoms with Crippen molar-refractivity contribution in [2.24, 2.45) is 0 Å². The van der Waals surface area contributed by atoms with Crippen LogP contribution in [0.3, 0.4) is 0 Å². The number of ether oxygens (including phenoxy) is 1. The predicted molar refractivity (Wildman–Crippen MR) is 54.5 cm³/mol. The van der Waals surface area contributed by atoms with E-state index in [1.165, 1.54) is 11.9 Å². The van der Waals surface area contributed by atoms with Gasteiger partial charge in [-0.25, -0.2) is 4.72 Å². The molecule has 0 radical (unpaired) electrons. The van der Waals surface area contributed by atoms with Gasteiger partial charge in [0.15, 0.2) is 0 Å². The minimum atomic E-state index is -0.869. The van der Waals surface area contributed by atoms with Gasteiger partial charge in [0.05, 0.1) is 7.11 Å². The Kier molecular flexibility index (Phi) is 4.28. The first-order chi connectivity index (χ1) is 6.72. The lowest BCUT2D eigenvalue weighted by Crippen LogP contribution is -2.15. The number of carboxylic acids is 1. The smallest absolute Gasteiger partial charge is 0.318 e. The van der Waals surface area contributed by atoms with Crippen molar-refractivity contribution in [1.29, 1.82) is 0 Å². The highest BCUT2D eigenvalue weighted by atomic mass is 32.2. The van der Waals surface area contributed by atoms with Gasteiger partial charge in [-0.1, -0.05) is 0 Å². The molecule has 0 aromatic heterocycles. The van der Waals surface area contributed by atoms with Crippen molar-refractivity contribution in [3.8, 4) is 5.75 Å². The molecular weight excluding hydrogens is 202 g/mol. The second kappa shape index (κ2) is 5.51. The summed E-state index contributed by atoms with van der Waals surface area (Å²) in [6.45, 7) is -0.0588. The van der Waals surface area contributed by atoms with Gasteiger partial charge >= 0.3 is 5.97 Å². The van der Waals surface area contributed by atoms with Crippen molar-refractivity contribution in [2.75, 3.05) is 13.7 Å². The molecule has 0 spiro atoms. The van der Waals surface area contributed by atoms with E-state index in [0.717, 1.165) is 10.6 Å². The summed E-state index contributed by atoms with van der Waals surface area (Å²) in [6, 6.07) is 7.37. The Morgan fingerprint density at radius 2 is 2.14 bits per heavy atom. The van der Waals surface area contributed by atoms with Crippen molar-refractivity contribution in [3.05, 3.63) is 24.3 Å². The number of benzene rings is 1. The zero-order valence-corrected chi connectivity index (χ0v) is 8.50. The zero-order valence-electron chi connectivity index (χ0n) is 7.69. The maximum Gasteiger partial charge on any atom is 0.318 e. The molecule has 0 amide bonds. The summed E-state index contributed by atoms with van der Waals surface area (Å²) < 4.78 is 7.70. The highest BCUT2D eigenvalue weighted by Crippen LogP contribution is 2.18. The molecule has 0 atom stereocenters. The summed E-state index contributed by atoms with van der Waals surface area (Å²) in [5, 5.41) is 8.38. The van der Waals surface area contributed by atoms with E-state index in [9.17, 15) is 4.79 Å². The van der Waals surface area contributed by atoms with Crippen LogP contribution in [-0.2, 0) is 4.79 Å². The summed E-state index contributed by atoms with van der Waals surface area (Å²) in [7, 11) is 1.60. The lowest BCUT2D eigenvalue weighted by atomic mass is 10.3. The molecule has 4 nitrogen and oxygen atoms in total. The Balaban J connectivity index is 2.40. The van der Waals surface area contributed by atoms with Gasteiger partial charge in [0.1, 0.15) is 12.3 Å². The first-order valence-corrected chi connectivity index (χ1v) is 4.79. The molecule has 0 saturated carbocycles. The molecule has 0 fully saturated rings. The summed E-state index contributed by atoms with van der Waals surface area (Å²) in [5.41, 5.74) is 0. The third-order valence-electron chi connectivity index (χ3n) is 1.47. The number of hydrogen-bond donors (Lipinski definition) is 2. The summed E-state index contributed by atoms with van der Waals surface area (Å²) in [4.78, 5) is 11.1. The van der Waals surface area contributed by atoms with Gasteiger partial charge in [-0.15, -0.1) is 0 Å². The average Bonchev–Trinajstić information content (AvgIpc) is 2.18. The Hall–Kier alpha value is -1.20. The molecule has 1 aromatic rings. The minimum absolute atomic E-state index is 0.0588. The molecule has 2 N–H and O–H groups in total. The van der Waals surface area contributed by atoms with Crippen LogP contribution in [0.15, 0.2) is 29.2 Å². The number of rotatable bonds is 5. The largest absolute Gasteiger partial charge is 0.497 e. The molecular formula is C9H11NO3S. The molecule has 5 heteroatoms. The van der Waals surface area contributed by atoms with E-state index < -0.39 is 5.97 Å². The Bertz CT molecular complexity index is 299. The van der Waals surface area contributed by atoms with E-state index in [2.05, 4.69) is 4.72 Å². The van der Waals surface area contributed by atoms with Crippen molar-refractivity contribution in [1.82, 2.24) is 4.72 Å². The minimum Gasteiger partial charge on any atom is -0.497 e. The lowest BCUT2D eigenvalue weighted by Gasteiger charge is -2.02. The predicted octanol–water partition coefficient (Wildman–Crippen LogP) is 1.38. The summed E-state index contributed by atoms with van der Waals surface area (Å²) in [6.07, 6.45) is 0. The summed E-state index contributed by atoms with van der Waals surface area (Å²) in [5.74, 6) is -0.0846. The van der Waals surface area contributed by atoms with Crippen molar-refractivity contribution >= 4 is 17.9 Å². The van der Waals surface area contributed by atoms with Gasteiger partial charge in [-0.2, -0.15) is 0 Å². The highest BCUT2D eigenvalue weighted by molar-refractivity contribution is 7.97. The number of methoxy groups -OCH3 is 1. The maximum absolute atomic E-state index is 10.2. The van der Waals surface area contributed by atoms with E-state index in [-0.39, 0.29) is 6.54 Å². The first kappa shape index (κ1) is 10.9. The van der Waals surface area contributed by atoms with Crippen LogP contribution in [0.2, 0.25) is 0 Å². The molecule has 0 heterocycles. The van der Waals surface area contributed by atoms with E-state index in [0.29, 0.717) is 0 Å². The molecule has 0 saturated heterocycles. The van der Waals surface area contributed by atoms with Gasteiger partial charge in [0.25, 0.3) is 0 Å². The molecule has 1 rings (SSSR count). The van der Waals surface area contributed by atoms with Crippen molar-refractivity contribution in [2.45, 2.75) is 4.90 Å². The van der Waals surface area contributed by atoms with Crippen LogP contribution < -0.4 is 9.46 Å². The number of carbonyl (C=O) groups is 1. The Morgan fingerprint density at radius 3 is 2.64 bits per heavy atom. The van der Waals surface area contributed by atoms with E-state index in [1.807, 2.05) is 24.3 Å². The molecule has 1 aromatic carbocycles. The second-order valence-corrected chi connectivity index (χ2v) is 3.46. The summed E-state index contributed by atoms with van der Waals surface area (Å²) >= 11 is 1.28. The van der Waals surface area contributed by atoms with Gasteiger partial charge in [-0.05, 0) is 36.2 Å². The molecule has 0 bridgehead atoms. The van der Waals surface area contributed by atoms with Crippen LogP contribution in [0.5, 0.6) is 5.75 Å². The molecule has 76 valence electrons. The number of nitrogens with one attached hydrogen (secondary N) is 1. The molecule has 0 aliphatic carbocycles. The zero-order chi connectivity index (χ0) is 10.4.